The van der Waals surface area contributed by atoms with Gasteiger partial charge in [0.25, 0.3) is 5.91 Å². The molecule has 0 saturated carbocycles. The molecule has 1 fully saturated rings. The van der Waals surface area contributed by atoms with Crippen LogP contribution in [0.4, 0.5) is 0 Å². The summed E-state index contributed by atoms with van der Waals surface area (Å²) in [5, 5.41) is 12.1. The summed E-state index contributed by atoms with van der Waals surface area (Å²) < 4.78 is 0. The van der Waals surface area contributed by atoms with Gasteiger partial charge in [-0.15, -0.1) is 11.3 Å². The smallest absolute Gasteiger partial charge is 0.306 e. The maximum absolute atomic E-state index is 13.3. The molecule has 5 nitrogen and oxygen atoms in total. The van der Waals surface area contributed by atoms with Crippen molar-refractivity contribution in [1.29, 1.82) is 0 Å². The summed E-state index contributed by atoms with van der Waals surface area (Å²) in [7, 11) is 0. The van der Waals surface area contributed by atoms with E-state index >= 15 is 0 Å². The molecule has 138 valence electrons. The van der Waals surface area contributed by atoms with Gasteiger partial charge in [0.1, 0.15) is 0 Å². The van der Waals surface area contributed by atoms with E-state index in [1.54, 1.807) is 16.2 Å². The predicted molar refractivity (Wildman–Crippen MR) is 106 cm³/mol. The molecule has 0 spiro atoms. The van der Waals surface area contributed by atoms with Crippen LogP contribution in [0, 0.1) is 11.8 Å². The van der Waals surface area contributed by atoms with Crippen molar-refractivity contribution in [3.8, 4) is 10.6 Å². The standard InChI is InChI=1S/C21H20N2O3S/c1-13-12-23(9-8-14(13)21(25)26)20(24)16-11-18(19-7-4-10-27-19)22-17-6-3-2-5-15(16)17/h2-7,10-11,13-14H,8-9,12H2,1H3,(H,25,26). The van der Waals surface area contributed by atoms with Crippen molar-refractivity contribution in [2.45, 2.75) is 13.3 Å². The molecule has 27 heavy (non-hydrogen) atoms. The fraction of sp³-hybridized carbons (Fsp3) is 0.286. The number of aliphatic carboxylic acids is 1. The number of pyridine rings is 1. The molecule has 3 heterocycles. The quantitative estimate of drug-likeness (QED) is 0.741. The van der Waals surface area contributed by atoms with Crippen molar-refractivity contribution in [3.05, 3.63) is 53.4 Å². The molecule has 2 aromatic heterocycles. The van der Waals surface area contributed by atoms with Gasteiger partial charge in [-0.25, -0.2) is 4.98 Å². The number of carboxylic acid groups (broad SMARTS) is 1. The Morgan fingerprint density at radius 2 is 2.04 bits per heavy atom. The number of carbonyl (C=O) groups is 2. The molecular formula is C21H20N2O3S. The molecule has 2 unspecified atom stereocenters. The van der Waals surface area contributed by atoms with Crippen LogP contribution in [0.2, 0.25) is 0 Å². The summed E-state index contributed by atoms with van der Waals surface area (Å²) >= 11 is 1.59. The number of piperidine rings is 1. The second-order valence-corrected chi connectivity index (χ2v) is 7.96. The van der Waals surface area contributed by atoms with Crippen molar-refractivity contribution in [1.82, 2.24) is 9.88 Å². The second-order valence-electron chi connectivity index (χ2n) is 7.01. The first-order chi connectivity index (χ1) is 13.0. The number of hydrogen-bond acceptors (Lipinski definition) is 4. The molecule has 4 rings (SSSR count). The van der Waals surface area contributed by atoms with Crippen LogP contribution in [0.5, 0.6) is 0 Å². The third-order valence-electron chi connectivity index (χ3n) is 5.23. The lowest BCUT2D eigenvalue weighted by atomic mass is 9.86. The second kappa shape index (κ2) is 7.12. The number of likely N-dealkylation sites (tertiary alicyclic amines) is 1. The van der Waals surface area contributed by atoms with Gasteiger partial charge >= 0.3 is 5.97 Å². The van der Waals surface area contributed by atoms with E-state index in [0.29, 0.717) is 25.1 Å². The topological polar surface area (TPSA) is 70.5 Å². The molecule has 6 heteroatoms. The molecule has 1 aliphatic heterocycles. The van der Waals surface area contributed by atoms with E-state index < -0.39 is 5.97 Å². The van der Waals surface area contributed by atoms with Crippen molar-refractivity contribution in [3.63, 3.8) is 0 Å². The molecule has 1 N–H and O–H groups in total. The van der Waals surface area contributed by atoms with E-state index in [1.807, 2.05) is 54.8 Å². The Hall–Kier alpha value is -2.73. The molecule has 1 amide bonds. The minimum atomic E-state index is -0.774. The van der Waals surface area contributed by atoms with Crippen LogP contribution >= 0.6 is 11.3 Å². The highest BCUT2D eigenvalue weighted by molar-refractivity contribution is 7.13. The number of rotatable bonds is 3. The molecule has 1 aromatic carbocycles. The third-order valence-corrected chi connectivity index (χ3v) is 6.12. The zero-order valence-corrected chi connectivity index (χ0v) is 15.8. The highest BCUT2D eigenvalue weighted by atomic mass is 32.1. The number of hydrogen-bond donors (Lipinski definition) is 1. The first-order valence-electron chi connectivity index (χ1n) is 9.00. The Morgan fingerprint density at radius 3 is 2.74 bits per heavy atom. The number of fused-ring (bicyclic) bond motifs is 1. The maximum atomic E-state index is 13.3. The number of amides is 1. The molecule has 0 radical (unpaired) electrons. The van der Waals surface area contributed by atoms with E-state index in [1.165, 1.54) is 0 Å². The Balaban J connectivity index is 1.72. The van der Waals surface area contributed by atoms with Crippen LogP contribution < -0.4 is 0 Å². The zero-order valence-electron chi connectivity index (χ0n) is 15.0. The van der Waals surface area contributed by atoms with Crippen molar-refractivity contribution in [2.24, 2.45) is 11.8 Å². The number of carboxylic acids is 1. The number of thiophene rings is 1. The lowest BCUT2D eigenvalue weighted by Gasteiger charge is -2.35. The number of para-hydroxylation sites is 1. The average Bonchev–Trinajstić information content (AvgIpc) is 3.21. The summed E-state index contributed by atoms with van der Waals surface area (Å²) in [4.78, 5) is 32.2. The number of benzene rings is 1. The van der Waals surface area contributed by atoms with Crippen molar-refractivity contribution in [2.75, 3.05) is 13.1 Å². The molecule has 0 aliphatic carbocycles. The molecule has 0 bridgehead atoms. The van der Waals surface area contributed by atoms with Gasteiger partial charge in [-0.2, -0.15) is 0 Å². The highest BCUT2D eigenvalue weighted by Gasteiger charge is 2.33. The minimum Gasteiger partial charge on any atom is -0.481 e. The van der Waals surface area contributed by atoms with Crippen LogP contribution in [-0.2, 0) is 4.79 Å². The zero-order chi connectivity index (χ0) is 19.0. The number of nitrogens with zero attached hydrogens (tertiary/aromatic N) is 2. The van der Waals surface area contributed by atoms with E-state index in [9.17, 15) is 14.7 Å². The fourth-order valence-corrected chi connectivity index (χ4v) is 4.46. The first kappa shape index (κ1) is 17.7. The molecule has 2 atom stereocenters. The van der Waals surface area contributed by atoms with Gasteiger partial charge < -0.3 is 10.0 Å². The Labute approximate surface area is 161 Å². The average molecular weight is 380 g/mol. The van der Waals surface area contributed by atoms with Crippen LogP contribution in [0.25, 0.3) is 21.5 Å². The Bertz CT molecular complexity index is 1000. The van der Waals surface area contributed by atoms with Gasteiger partial charge in [-0.05, 0) is 35.9 Å². The lowest BCUT2D eigenvalue weighted by molar-refractivity contribution is -0.145. The largest absolute Gasteiger partial charge is 0.481 e. The highest BCUT2D eigenvalue weighted by Crippen LogP contribution is 2.30. The normalized spacial score (nSPS) is 20.0. The Kier molecular flexibility index (Phi) is 4.66. The van der Waals surface area contributed by atoms with E-state index in [0.717, 1.165) is 21.5 Å². The monoisotopic (exact) mass is 380 g/mol. The summed E-state index contributed by atoms with van der Waals surface area (Å²) in [6, 6.07) is 13.5. The molecule has 3 aromatic rings. The number of aromatic nitrogens is 1. The van der Waals surface area contributed by atoms with Crippen LogP contribution in [0.1, 0.15) is 23.7 Å². The van der Waals surface area contributed by atoms with Crippen molar-refractivity contribution < 1.29 is 14.7 Å². The van der Waals surface area contributed by atoms with E-state index in [-0.39, 0.29) is 17.7 Å². The summed E-state index contributed by atoms with van der Waals surface area (Å²) in [5.41, 5.74) is 2.21. The van der Waals surface area contributed by atoms with E-state index in [2.05, 4.69) is 0 Å². The van der Waals surface area contributed by atoms with Gasteiger partial charge in [-0.1, -0.05) is 31.2 Å². The SMILES string of the molecule is CC1CN(C(=O)c2cc(-c3cccs3)nc3ccccc23)CCC1C(=O)O. The molecular weight excluding hydrogens is 360 g/mol. The van der Waals surface area contributed by atoms with Crippen LogP contribution in [-0.4, -0.2) is 40.0 Å². The lowest BCUT2D eigenvalue weighted by Crippen LogP contribution is -2.45. The third kappa shape index (κ3) is 3.32. The fourth-order valence-electron chi connectivity index (χ4n) is 3.77. The van der Waals surface area contributed by atoms with Gasteiger partial charge in [0.2, 0.25) is 0 Å². The summed E-state index contributed by atoms with van der Waals surface area (Å²) in [5.74, 6) is -1.28. The summed E-state index contributed by atoms with van der Waals surface area (Å²) in [6.07, 6.45) is 0.489. The van der Waals surface area contributed by atoms with E-state index in [4.69, 9.17) is 4.98 Å². The predicted octanol–water partition coefficient (Wildman–Crippen LogP) is 4.15. The van der Waals surface area contributed by atoms with Gasteiger partial charge in [0.15, 0.2) is 0 Å². The van der Waals surface area contributed by atoms with Gasteiger partial charge in [0, 0.05) is 18.5 Å². The minimum absolute atomic E-state index is 0.0536. The maximum Gasteiger partial charge on any atom is 0.306 e. The molecule has 1 aliphatic rings. The Morgan fingerprint density at radius 1 is 1.22 bits per heavy atom. The van der Waals surface area contributed by atoms with Gasteiger partial charge in [0.05, 0.1) is 27.6 Å². The summed E-state index contributed by atoms with van der Waals surface area (Å²) in [6.45, 7) is 2.83. The van der Waals surface area contributed by atoms with Crippen LogP contribution in [0.15, 0.2) is 47.8 Å². The first-order valence-corrected chi connectivity index (χ1v) is 9.88. The number of carbonyl (C=O) groups excluding carboxylic acids is 1. The molecule has 1 saturated heterocycles. The van der Waals surface area contributed by atoms with Crippen LogP contribution in [0.3, 0.4) is 0 Å². The van der Waals surface area contributed by atoms with Crippen molar-refractivity contribution >= 4 is 34.1 Å². The van der Waals surface area contributed by atoms with Gasteiger partial charge in [-0.3, -0.25) is 9.59 Å².